The maximum absolute atomic E-state index is 11.4. The summed E-state index contributed by atoms with van der Waals surface area (Å²) in [6, 6.07) is 5.04. The molecule has 5 nitrogen and oxygen atoms in total. The molecule has 1 aliphatic rings. The third-order valence-corrected chi connectivity index (χ3v) is 2.73. The molecule has 1 atom stereocenters. The number of aliphatic carboxylic acids is 1. The van der Waals surface area contributed by atoms with Gasteiger partial charge in [-0.15, -0.1) is 0 Å². The molecule has 0 saturated heterocycles. The number of carbonyl (C=O) groups is 2. The Morgan fingerprint density at radius 1 is 1.53 bits per heavy atom. The minimum Gasteiger partial charge on any atom is -0.491 e. The lowest BCUT2D eigenvalue weighted by Crippen LogP contribution is -2.11. The number of fused-ring (bicyclic) bond motifs is 1. The van der Waals surface area contributed by atoms with Crippen LogP contribution in [0.1, 0.15) is 24.8 Å². The number of benzene rings is 1. The molecule has 1 aromatic rings. The van der Waals surface area contributed by atoms with Crippen molar-refractivity contribution in [2.24, 2.45) is 0 Å². The highest BCUT2D eigenvalue weighted by molar-refractivity contribution is 5.93. The van der Waals surface area contributed by atoms with Gasteiger partial charge in [0.1, 0.15) is 5.75 Å². The van der Waals surface area contributed by atoms with Gasteiger partial charge >= 0.3 is 5.97 Å². The first-order valence-electron chi connectivity index (χ1n) is 5.37. The van der Waals surface area contributed by atoms with E-state index >= 15 is 0 Å². The van der Waals surface area contributed by atoms with Gasteiger partial charge in [0.05, 0.1) is 24.6 Å². The van der Waals surface area contributed by atoms with E-state index in [0.717, 1.165) is 0 Å². The highest BCUT2D eigenvalue weighted by Gasteiger charge is 2.18. The smallest absolute Gasteiger partial charge is 0.310 e. The van der Waals surface area contributed by atoms with Crippen LogP contribution < -0.4 is 10.1 Å². The van der Waals surface area contributed by atoms with E-state index in [9.17, 15) is 9.59 Å². The molecule has 17 heavy (non-hydrogen) atoms. The lowest BCUT2D eigenvalue weighted by molar-refractivity contribution is -0.138. The fourth-order valence-corrected chi connectivity index (χ4v) is 1.65. The lowest BCUT2D eigenvalue weighted by Gasteiger charge is -2.11. The molecule has 2 rings (SSSR count). The summed E-state index contributed by atoms with van der Waals surface area (Å²) in [6.45, 7) is 1.94. The first kappa shape index (κ1) is 11.4. The molecule has 90 valence electrons. The van der Waals surface area contributed by atoms with Crippen LogP contribution in [0.2, 0.25) is 0 Å². The first-order chi connectivity index (χ1) is 8.08. The maximum atomic E-state index is 11.4. The number of rotatable bonds is 2. The van der Waals surface area contributed by atoms with E-state index in [1.54, 1.807) is 25.1 Å². The molecule has 1 unspecified atom stereocenters. The SMILES string of the molecule is CC(C(=O)O)c1ccc2c(c1)NC(=O)CCO2. The molecule has 1 heterocycles. The van der Waals surface area contributed by atoms with Crippen LogP contribution in [0, 0.1) is 0 Å². The van der Waals surface area contributed by atoms with E-state index in [4.69, 9.17) is 9.84 Å². The second kappa shape index (κ2) is 4.45. The lowest BCUT2D eigenvalue weighted by atomic mass is 10.0. The van der Waals surface area contributed by atoms with Gasteiger partial charge < -0.3 is 15.2 Å². The highest BCUT2D eigenvalue weighted by Crippen LogP contribution is 2.30. The number of carboxylic acids is 1. The summed E-state index contributed by atoms with van der Waals surface area (Å²) < 4.78 is 5.38. The molecule has 0 radical (unpaired) electrons. The van der Waals surface area contributed by atoms with Gasteiger partial charge in [-0.1, -0.05) is 6.07 Å². The van der Waals surface area contributed by atoms with Crippen molar-refractivity contribution < 1.29 is 19.4 Å². The molecule has 5 heteroatoms. The number of carboxylic acid groups (broad SMARTS) is 1. The number of hydrogen-bond acceptors (Lipinski definition) is 3. The third-order valence-electron chi connectivity index (χ3n) is 2.73. The summed E-state index contributed by atoms with van der Waals surface area (Å²) in [5.41, 5.74) is 1.18. The number of ether oxygens (including phenoxy) is 1. The number of carbonyl (C=O) groups excluding carboxylic acids is 1. The minimum absolute atomic E-state index is 0.121. The molecule has 1 aromatic carbocycles. The predicted molar refractivity (Wildman–Crippen MR) is 61.2 cm³/mol. The molecular weight excluding hydrogens is 222 g/mol. The second-order valence-electron chi connectivity index (χ2n) is 3.96. The standard InChI is InChI=1S/C12H13NO4/c1-7(12(15)16)8-2-3-10-9(6-8)13-11(14)4-5-17-10/h2-3,6-7H,4-5H2,1H3,(H,13,14)(H,15,16). The van der Waals surface area contributed by atoms with E-state index in [1.807, 2.05) is 0 Å². The summed E-state index contributed by atoms with van der Waals surface area (Å²) in [5, 5.41) is 11.6. The molecule has 0 saturated carbocycles. The van der Waals surface area contributed by atoms with Crippen LogP contribution in [-0.4, -0.2) is 23.6 Å². The molecule has 0 spiro atoms. The summed E-state index contributed by atoms with van der Waals surface area (Å²) in [6.07, 6.45) is 0.304. The van der Waals surface area contributed by atoms with Crippen LogP contribution in [0.3, 0.4) is 0 Å². The molecule has 2 N–H and O–H groups in total. The first-order valence-corrected chi connectivity index (χ1v) is 5.37. The molecule has 0 aliphatic carbocycles. The Morgan fingerprint density at radius 3 is 3.00 bits per heavy atom. The van der Waals surface area contributed by atoms with Crippen molar-refractivity contribution in [1.29, 1.82) is 0 Å². The fourth-order valence-electron chi connectivity index (χ4n) is 1.65. The zero-order chi connectivity index (χ0) is 12.4. The fraction of sp³-hybridized carbons (Fsp3) is 0.333. The highest BCUT2D eigenvalue weighted by atomic mass is 16.5. The zero-order valence-electron chi connectivity index (χ0n) is 9.40. The van der Waals surface area contributed by atoms with E-state index in [2.05, 4.69) is 5.32 Å². The number of nitrogens with one attached hydrogen (secondary N) is 1. The largest absolute Gasteiger partial charge is 0.491 e. The van der Waals surface area contributed by atoms with Gasteiger partial charge in [-0.2, -0.15) is 0 Å². The normalized spacial score (nSPS) is 16.2. The Labute approximate surface area is 98.4 Å². The summed E-state index contributed by atoms with van der Waals surface area (Å²) in [5.74, 6) is -1.05. The average Bonchev–Trinajstić information content (AvgIpc) is 2.47. The number of amides is 1. The van der Waals surface area contributed by atoms with Crippen molar-refractivity contribution in [1.82, 2.24) is 0 Å². The zero-order valence-corrected chi connectivity index (χ0v) is 9.40. The molecular formula is C12H13NO4. The Kier molecular flexibility index (Phi) is 2.99. The molecule has 0 bridgehead atoms. The van der Waals surface area contributed by atoms with Crippen molar-refractivity contribution in [3.63, 3.8) is 0 Å². The van der Waals surface area contributed by atoms with Gasteiger partial charge in [0, 0.05) is 0 Å². The van der Waals surface area contributed by atoms with Crippen molar-refractivity contribution in [3.8, 4) is 5.75 Å². The Morgan fingerprint density at radius 2 is 2.29 bits per heavy atom. The van der Waals surface area contributed by atoms with Crippen LogP contribution in [0.15, 0.2) is 18.2 Å². The van der Waals surface area contributed by atoms with Crippen LogP contribution in [-0.2, 0) is 9.59 Å². The third kappa shape index (κ3) is 2.38. The van der Waals surface area contributed by atoms with Gasteiger partial charge in [-0.25, -0.2) is 0 Å². The number of hydrogen-bond donors (Lipinski definition) is 2. The quantitative estimate of drug-likeness (QED) is 0.816. The monoisotopic (exact) mass is 235 g/mol. The maximum Gasteiger partial charge on any atom is 0.310 e. The molecule has 0 fully saturated rings. The van der Waals surface area contributed by atoms with E-state index in [0.29, 0.717) is 30.0 Å². The van der Waals surface area contributed by atoms with Crippen molar-refractivity contribution in [3.05, 3.63) is 23.8 Å². The number of anilines is 1. The van der Waals surface area contributed by atoms with Crippen molar-refractivity contribution in [2.75, 3.05) is 11.9 Å². The van der Waals surface area contributed by atoms with Crippen LogP contribution in [0.25, 0.3) is 0 Å². The summed E-state index contributed by atoms with van der Waals surface area (Å²) in [4.78, 5) is 22.2. The van der Waals surface area contributed by atoms with Gasteiger partial charge in [0.2, 0.25) is 5.91 Å². The van der Waals surface area contributed by atoms with Crippen LogP contribution >= 0.6 is 0 Å². The molecule has 1 aliphatic heterocycles. The van der Waals surface area contributed by atoms with Gasteiger partial charge in [-0.05, 0) is 24.6 Å². The Balaban J connectivity index is 2.35. The minimum atomic E-state index is -0.897. The van der Waals surface area contributed by atoms with Crippen molar-refractivity contribution >= 4 is 17.6 Å². The van der Waals surface area contributed by atoms with E-state index < -0.39 is 11.9 Å². The van der Waals surface area contributed by atoms with Gasteiger partial charge in [0.15, 0.2) is 0 Å². The van der Waals surface area contributed by atoms with Crippen LogP contribution in [0.5, 0.6) is 5.75 Å². The van der Waals surface area contributed by atoms with Crippen molar-refractivity contribution in [2.45, 2.75) is 19.3 Å². The summed E-state index contributed by atoms with van der Waals surface area (Å²) >= 11 is 0. The van der Waals surface area contributed by atoms with Crippen LogP contribution in [0.4, 0.5) is 5.69 Å². The average molecular weight is 235 g/mol. The van der Waals surface area contributed by atoms with E-state index in [-0.39, 0.29) is 5.91 Å². The van der Waals surface area contributed by atoms with E-state index in [1.165, 1.54) is 0 Å². The Hall–Kier alpha value is -2.04. The Bertz CT molecular complexity index is 470. The van der Waals surface area contributed by atoms with Gasteiger partial charge in [0.25, 0.3) is 0 Å². The van der Waals surface area contributed by atoms with Gasteiger partial charge in [-0.3, -0.25) is 9.59 Å². The molecule has 1 amide bonds. The molecule has 0 aromatic heterocycles. The predicted octanol–water partition coefficient (Wildman–Crippen LogP) is 1.60. The summed E-state index contributed by atoms with van der Waals surface area (Å²) in [7, 11) is 0. The topological polar surface area (TPSA) is 75.6 Å². The second-order valence-corrected chi connectivity index (χ2v) is 3.96.